The fourth-order valence-electron chi connectivity index (χ4n) is 2.27. The number of aromatic nitrogens is 1. The summed E-state index contributed by atoms with van der Waals surface area (Å²) in [4.78, 5) is 18.8. The van der Waals surface area contributed by atoms with Gasteiger partial charge in [-0.05, 0) is 25.1 Å². The third-order valence-corrected chi connectivity index (χ3v) is 4.48. The van der Waals surface area contributed by atoms with Crippen molar-refractivity contribution in [1.29, 1.82) is 0 Å². The maximum Gasteiger partial charge on any atom is 0.231 e. The molecule has 1 heterocycles. The SMILES string of the molecule is CCN(CCO)Cc1csc(CC(=O)Nc2ccccc2C)n1. The molecule has 23 heavy (non-hydrogen) atoms. The first kappa shape index (κ1) is 17.6. The number of hydrogen-bond donors (Lipinski definition) is 2. The number of carbonyl (C=O) groups is 1. The molecule has 0 fully saturated rings. The molecular formula is C17H23N3O2S. The van der Waals surface area contributed by atoms with E-state index in [0.29, 0.717) is 13.1 Å². The molecule has 0 radical (unpaired) electrons. The summed E-state index contributed by atoms with van der Waals surface area (Å²) in [5.74, 6) is -0.0529. The lowest BCUT2D eigenvalue weighted by atomic mass is 10.2. The summed E-state index contributed by atoms with van der Waals surface area (Å²) in [5, 5.41) is 14.7. The highest BCUT2D eigenvalue weighted by Crippen LogP contribution is 2.16. The Labute approximate surface area is 141 Å². The molecule has 0 saturated carbocycles. The molecule has 0 aliphatic heterocycles. The van der Waals surface area contributed by atoms with E-state index in [0.717, 1.165) is 28.5 Å². The number of aliphatic hydroxyl groups excluding tert-OH is 1. The normalized spacial score (nSPS) is 11.0. The molecule has 124 valence electrons. The van der Waals surface area contributed by atoms with Crippen molar-refractivity contribution in [2.24, 2.45) is 0 Å². The van der Waals surface area contributed by atoms with Crippen LogP contribution in [0.15, 0.2) is 29.6 Å². The fourth-order valence-corrected chi connectivity index (χ4v) is 3.05. The van der Waals surface area contributed by atoms with Crippen molar-refractivity contribution in [2.75, 3.05) is 25.0 Å². The Bertz CT molecular complexity index is 642. The lowest BCUT2D eigenvalue weighted by Gasteiger charge is -2.17. The van der Waals surface area contributed by atoms with Crippen LogP contribution >= 0.6 is 11.3 Å². The number of nitrogens with zero attached hydrogens (tertiary/aromatic N) is 2. The summed E-state index contributed by atoms with van der Waals surface area (Å²) in [6, 6.07) is 7.72. The Morgan fingerprint density at radius 1 is 1.39 bits per heavy atom. The van der Waals surface area contributed by atoms with E-state index in [4.69, 9.17) is 5.11 Å². The fraction of sp³-hybridized carbons (Fsp3) is 0.412. The maximum absolute atomic E-state index is 12.1. The predicted octanol–water partition coefficient (Wildman–Crippen LogP) is 2.45. The Balaban J connectivity index is 1.91. The van der Waals surface area contributed by atoms with Crippen LogP contribution in [0.25, 0.3) is 0 Å². The number of carbonyl (C=O) groups excluding carboxylic acids is 1. The third-order valence-electron chi connectivity index (χ3n) is 3.58. The minimum Gasteiger partial charge on any atom is -0.395 e. The van der Waals surface area contributed by atoms with Crippen LogP contribution in [-0.4, -0.2) is 40.6 Å². The average molecular weight is 333 g/mol. The number of aryl methyl sites for hydroxylation is 1. The second kappa shape index (κ2) is 8.76. The molecule has 5 nitrogen and oxygen atoms in total. The summed E-state index contributed by atoms with van der Waals surface area (Å²) in [5.41, 5.74) is 2.83. The van der Waals surface area contributed by atoms with Gasteiger partial charge in [0, 0.05) is 24.2 Å². The first-order valence-electron chi connectivity index (χ1n) is 7.74. The molecule has 0 unspecified atom stereocenters. The number of amides is 1. The Morgan fingerprint density at radius 3 is 2.87 bits per heavy atom. The van der Waals surface area contributed by atoms with Crippen molar-refractivity contribution in [3.63, 3.8) is 0 Å². The van der Waals surface area contributed by atoms with Gasteiger partial charge >= 0.3 is 0 Å². The van der Waals surface area contributed by atoms with Crippen molar-refractivity contribution in [3.8, 4) is 0 Å². The second-order valence-corrected chi connectivity index (χ2v) is 6.31. The van der Waals surface area contributed by atoms with E-state index in [2.05, 4.69) is 22.1 Å². The zero-order valence-corrected chi connectivity index (χ0v) is 14.4. The van der Waals surface area contributed by atoms with Gasteiger partial charge in [0.1, 0.15) is 5.01 Å². The number of nitrogens with one attached hydrogen (secondary N) is 1. The summed E-state index contributed by atoms with van der Waals surface area (Å²) in [6.07, 6.45) is 0.283. The van der Waals surface area contributed by atoms with Crippen LogP contribution in [0.4, 0.5) is 5.69 Å². The van der Waals surface area contributed by atoms with Gasteiger partial charge in [0.2, 0.25) is 5.91 Å². The van der Waals surface area contributed by atoms with Crippen LogP contribution in [0.5, 0.6) is 0 Å². The van der Waals surface area contributed by atoms with Crippen LogP contribution in [0.3, 0.4) is 0 Å². The molecule has 0 bridgehead atoms. The largest absolute Gasteiger partial charge is 0.395 e. The van der Waals surface area contributed by atoms with E-state index in [1.807, 2.05) is 36.6 Å². The Kier molecular flexibility index (Phi) is 6.70. The molecular weight excluding hydrogens is 310 g/mol. The van der Waals surface area contributed by atoms with Crippen molar-refractivity contribution in [1.82, 2.24) is 9.88 Å². The summed E-state index contributed by atoms with van der Waals surface area (Å²) in [7, 11) is 0. The number of hydrogen-bond acceptors (Lipinski definition) is 5. The van der Waals surface area contributed by atoms with Crippen LogP contribution in [0.1, 0.15) is 23.2 Å². The number of thiazole rings is 1. The number of likely N-dealkylation sites (N-methyl/N-ethyl adjacent to an activating group) is 1. The van der Waals surface area contributed by atoms with E-state index < -0.39 is 0 Å². The topological polar surface area (TPSA) is 65.5 Å². The molecule has 2 aromatic rings. The number of benzene rings is 1. The Hall–Kier alpha value is -1.76. The monoisotopic (exact) mass is 333 g/mol. The smallest absolute Gasteiger partial charge is 0.231 e. The van der Waals surface area contributed by atoms with Gasteiger partial charge in [-0.2, -0.15) is 0 Å². The molecule has 2 rings (SSSR count). The zero-order valence-electron chi connectivity index (χ0n) is 13.6. The van der Waals surface area contributed by atoms with E-state index in [1.54, 1.807) is 0 Å². The van der Waals surface area contributed by atoms with E-state index in [9.17, 15) is 4.79 Å². The predicted molar refractivity (Wildman–Crippen MR) is 93.7 cm³/mol. The van der Waals surface area contributed by atoms with Crippen molar-refractivity contribution >= 4 is 22.9 Å². The van der Waals surface area contributed by atoms with Crippen LogP contribution in [0, 0.1) is 6.92 Å². The quantitative estimate of drug-likeness (QED) is 0.779. The van der Waals surface area contributed by atoms with E-state index >= 15 is 0 Å². The maximum atomic E-state index is 12.1. The van der Waals surface area contributed by atoms with Crippen molar-refractivity contribution in [3.05, 3.63) is 45.9 Å². The summed E-state index contributed by atoms with van der Waals surface area (Å²) < 4.78 is 0. The second-order valence-electron chi connectivity index (χ2n) is 5.36. The van der Waals surface area contributed by atoms with Gasteiger partial charge in [-0.25, -0.2) is 4.98 Å². The molecule has 1 aromatic heterocycles. The van der Waals surface area contributed by atoms with E-state index in [-0.39, 0.29) is 18.9 Å². The molecule has 1 amide bonds. The summed E-state index contributed by atoms with van der Waals surface area (Å²) in [6.45, 7) is 6.37. The molecule has 0 spiro atoms. The number of para-hydroxylation sites is 1. The first-order valence-corrected chi connectivity index (χ1v) is 8.62. The van der Waals surface area contributed by atoms with Crippen LogP contribution in [0.2, 0.25) is 0 Å². The molecule has 1 aromatic carbocycles. The van der Waals surface area contributed by atoms with Gasteiger partial charge < -0.3 is 10.4 Å². The van der Waals surface area contributed by atoms with E-state index in [1.165, 1.54) is 11.3 Å². The van der Waals surface area contributed by atoms with Crippen molar-refractivity contribution in [2.45, 2.75) is 26.8 Å². The van der Waals surface area contributed by atoms with Gasteiger partial charge in [-0.1, -0.05) is 25.1 Å². The van der Waals surface area contributed by atoms with Crippen molar-refractivity contribution < 1.29 is 9.90 Å². The van der Waals surface area contributed by atoms with Crippen LogP contribution < -0.4 is 5.32 Å². The molecule has 0 aliphatic rings. The zero-order chi connectivity index (χ0) is 16.7. The highest BCUT2D eigenvalue weighted by atomic mass is 32.1. The molecule has 0 atom stereocenters. The minimum atomic E-state index is -0.0529. The first-order chi connectivity index (χ1) is 11.1. The number of anilines is 1. The Morgan fingerprint density at radius 2 is 2.17 bits per heavy atom. The average Bonchev–Trinajstić information content (AvgIpc) is 2.96. The lowest BCUT2D eigenvalue weighted by molar-refractivity contribution is -0.115. The molecule has 0 saturated heterocycles. The highest BCUT2D eigenvalue weighted by Gasteiger charge is 2.11. The third kappa shape index (κ3) is 5.42. The highest BCUT2D eigenvalue weighted by molar-refractivity contribution is 7.09. The molecule has 2 N–H and O–H groups in total. The summed E-state index contributed by atoms with van der Waals surface area (Å²) >= 11 is 1.50. The number of rotatable bonds is 8. The number of aliphatic hydroxyl groups is 1. The van der Waals surface area contributed by atoms with Crippen LogP contribution in [-0.2, 0) is 17.8 Å². The van der Waals surface area contributed by atoms with Gasteiger partial charge in [0.05, 0.1) is 18.7 Å². The minimum absolute atomic E-state index is 0.0529. The lowest BCUT2D eigenvalue weighted by Crippen LogP contribution is -2.26. The van der Waals surface area contributed by atoms with Gasteiger partial charge in [-0.3, -0.25) is 9.69 Å². The van der Waals surface area contributed by atoms with Gasteiger partial charge in [0.25, 0.3) is 0 Å². The molecule has 6 heteroatoms. The van der Waals surface area contributed by atoms with Gasteiger partial charge in [0.15, 0.2) is 0 Å². The molecule has 0 aliphatic carbocycles. The van der Waals surface area contributed by atoms with Gasteiger partial charge in [-0.15, -0.1) is 11.3 Å². The standard InChI is InChI=1S/C17H23N3O2S/c1-3-20(8-9-21)11-14-12-23-17(18-14)10-16(22)19-15-7-5-4-6-13(15)2/h4-7,12,21H,3,8-11H2,1-2H3,(H,19,22).